The standard InChI is InChI=1S/C24H21Cl3N2O3/c1-3-31-23-12-16(13-28-29-24(30)18-7-4-15(2)10-20(18)26)6-9-22(23)32-14-17-5-8-19(25)21(27)11-17/h4-13H,3,14H2,1-2H3,(H,29,30)/b28-13-. The van der Waals surface area contributed by atoms with Crippen LogP contribution in [-0.2, 0) is 6.61 Å². The molecular formula is C24H21Cl3N2O3. The summed E-state index contributed by atoms with van der Waals surface area (Å²) in [4.78, 5) is 12.3. The van der Waals surface area contributed by atoms with Crippen LogP contribution in [0.5, 0.6) is 11.5 Å². The molecule has 1 amide bonds. The third kappa shape index (κ3) is 6.39. The lowest BCUT2D eigenvalue weighted by Gasteiger charge is -2.13. The molecule has 0 aliphatic carbocycles. The molecule has 1 N–H and O–H groups in total. The molecule has 32 heavy (non-hydrogen) atoms. The number of carbonyl (C=O) groups excluding carboxylic acids is 1. The van der Waals surface area contributed by atoms with Crippen LogP contribution < -0.4 is 14.9 Å². The van der Waals surface area contributed by atoms with E-state index in [4.69, 9.17) is 44.3 Å². The second kappa shape index (κ2) is 11.2. The number of ether oxygens (including phenoxy) is 2. The van der Waals surface area contributed by atoms with Gasteiger partial charge in [0.25, 0.3) is 5.91 Å². The Morgan fingerprint density at radius 1 is 0.938 bits per heavy atom. The van der Waals surface area contributed by atoms with E-state index in [1.54, 1.807) is 42.5 Å². The Morgan fingerprint density at radius 3 is 2.47 bits per heavy atom. The van der Waals surface area contributed by atoms with Gasteiger partial charge in [0.05, 0.1) is 33.5 Å². The van der Waals surface area contributed by atoms with Crippen LogP contribution in [0.2, 0.25) is 15.1 Å². The SMILES string of the molecule is CCOc1cc(/C=N\NC(=O)c2ccc(C)cc2Cl)ccc1OCc1ccc(Cl)c(Cl)c1. The zero-order valence-corrected chi connectivity index (χ0v) is 19.8. The van der Waals surface area contributed by atoms with Crippen molar-refractivity contribution in [3.05, 3.63) is 91.9 Å². The van der Waals surface area contributed by atoms with Gasteiger partial charge in [0, 0.05) is 0 Å². The third-order valence-electron chi connectivity index (χ3n) is 4.39. The molecule has 3 rings (SSSR count). The number of hydrazone groups is 1. The predicted molar refractivity (Wildman–Crippen MR) is 130 cm³/mol. The molecular weight excluding hydrogens is 471 g/mol. The van der Waals surface area contributed by atoms with Crippen molar-refractivity contribution in [2.24, 2.45) is 5.10 Å². The lowest BCUT2D eigenvalue weighted by Crippen LogP contribution is -2.18. The van der Waals surface area contributed by atoms with E-state index in [1.165, 1.54) is 6.21 Å². The average Bonchev–Trinajstić information content (AvgIpc) is 2.75. The predicted octanol–water partition coefficient (Wildman–Crippen LogP) is 6.70. The number of nitrogens with one attached hydrogen (secondary N) is 1. The van der Waals surface area contributed by atoms with Gasteiger partial charge >= 0.3 is 0 Å². The van der Waals surface area contributed by atoms with Crippen molar-refractivity contribution in [1.29, 1.82) is 0 Å². The number of hydrogen-bond acceptors (Lipinski definition) is 4. The number of hydrogen-bond donors (Lipinski definition) is 1. The first-order valence-electron chi connectivity index (χ1n) is 9.80. The van der Waals surface area contributed by atoms with E-state index >= 15 is 0 Å². The summed E-state index contributed by atoms with van der Waals surface area (Å²) < 4.78 is 11.6. The van der Waals surface area contributed by atoms with Crippen molar-refractivity contribution in [3.8, 4) is 11.5 Å². The highest BCUT2D eigenvalue weighted by atomic mass is 35.5. The maximum Gasteiger partial charge on any atom is 0.272 e. The maximum atomic E-state index is 12.3. The summed E-state index contributed by atoms with van der Waals surface area (Å²) in [5.41, 5.74) is 5.42. The summed E-state index contributed by atoms with van der Waals surface area (Å²) >= 11 is 18.1. The molecule has 0 atom stereocenters. The van der Waals surface area contributed by atoms with E-state index in [-0.39, 0.29) is 0 Å². The highest BCUT2D eigenvalue weighted by molar-refractivity contribution is 6.42. The van der Waals surface area contributed by atoms with E-state index in [0.29, 0.717) is 45.3 Å². The van der Waals surface area contributed by atoms with Gasteiger partial charge in [0.2, 0.25) is 0 Å². The molecule has 3 aromatic rings. The largest absolute Gasteiger partial charge is 0.490 e. The molecule has 0 bridgehead atoms. The summed E-state index contributed by atoms with van der Waals surface area (Å²) in [5.74, 6) is 0.743. The van der Waals surface area contributed by atoms with Crippen LogP contribution >= 0.6 is 34.8 Å². The van der Waals surface area contributed by atoms with Gasteiger partial charge in [-0.25, -0.2) is 5.43 Å². The Balaban J connectivity index is 1.67. The average molecular weight is 492 g/mol. The number of benzene rings is 3. The fourth-order valence-electron chi connectivity index (χ4n) is 2.81. The molecule has 0 aliphatic rings. The van der Waals surface area contributed by atoms with E-state index in [1.807, 2.05) is 26.0 Å². The second-order valence-electron chi connectivity index (χ2n) is 6.86. The molecule has 0 radical (unpaired) electrons. The van der Waals surface area contributed by atoms with Crippen LogP contribution in [0.3, 0.4) is 0 Å². The quantitative estimate of drug-likeness (QED) is 0.282. The summed E-state index contributed by atoms with van der Waals surface area (Å²) in [6, 6.07) is 15.9. The second-order valence-corrected chi connectivity index (χ2v) is 8.08. The Labute approximate surface area is 201 Å². The molecule has 0 aromatic heterocycles. The van der Waals surface area contributed by atoms with Gasteiger partial charge in [-0.05, 0) is 73.0 Å². The van der Waals surface area contributed by atoms with Gasteiger partial charge in [-0.15, -0.1) is 0 Å². The first-order valence-corrected chi connectivity index (χ1v) is 10.9. The Bertz CT molecular complexity index is 1150. The van der Waals surface area contributed by atoms with Crippen LogP contribution in [0.25, 0.3) is 0 Å². The van der Waals surface area contributed by atoms with E-state index in [9.17, 15) is 4.79 Å². The molecule has 8 heteroatoms. The Kier molecular flexibility index (Phi) is 8.39. The normalized spacial score (nSPS) is 10.9. The van der Waals surface area contributed by atoms with Gasteiger partial charge in [-0.3, -0.25) is 4.79 Å². The number of nitrogens with zero attached hydrogens (tertiary/aromatic N) is 1. The van der Waals surface area contributed by atoms with Crippen molar-refractivity contribution in [2.75, 3.05) is 6.61 Å². The van der Waals surface area contributed by atoms with E-state index in [0.717, 1.165) is 16.7 Å². The first kappa shape index (κ1) is 23.9. The molecule has 0 fully saturated rings. The fraction of sp³-hybridized carbons (Fsp3) is 0.167. The topological polar surface area (TPSA) is 59.9 Å². The minimum absolute atomic E-state index is 0.303. The van der Waals surface area contributed by atoms with E-state index in [2.05, 4.69) is 10.5 Å². The summed E-state index contributed by atoms with van der Waals surface area (Å²) in [7, 11) is 0. The summed E-state index contributed by atoms with van der Waals surface area (Å²) in [5, 5.41) is 5.35. The molecule has 3 aromatic carbocycles. The monoisotopic (exact) mass is 490 g/mol. The molecule has 0 aliphatic heterocycles. The molecule has 0 heterocycles. The number of amides is 1. The number of aryl methyl sites for hydroxylation is 1. The highest BCUT2D eigenvalue weighted by Gasteiger charge is 2.10. The van der Waals surface area contributed by atoms with Crippen molar-refractivity contribution < 1.29 is 14.3 Å². The fourth-order valence-corrected chi connectivity index (χ4v) is 3.45. The zero-order chi connectivity index (χ0) is 23.1. The van der Waals surface area contributed by atoms with Gasteiger partial charge in [0.1, 0.15) is 6.61 Å². The number of carbonyl (C=O) groups is 1. The maximum absolute atomic E-state index is 12.3. The lowest BCUT2D eigenvalue weighted by molar-refractivity contribution is 0.0955. The van der Waals surface area contributed by atoms with Crippen LogP contribution in [0.1, 0.15) is 34.0 Å². The number of halogens is 3. The smallest absolute Gasteiger partial charge is 0.272 e. The van der Waals surface area contributed by atoms with Crippen LogP contribution in [0, 0.1) is 6.92 Å². The minimum atomic E-state index is -0.391. The Morgan fingerprint density at radius 2 is 1.75 bits per heavy atom. The number of rotatable bonds is 8. The summed E-state index contributed by atoms with van der Waals surface area (Å²) in [6.45, 7) is 4.55. The molecule has 0 spiro atoms. The van der Waals surface area contributed by atoms with Crippen molar-refractivity contribution in [2.45, 2.75) is 20.5 Å². The van der Waals surface area contributed by atoms with Crippen molar-refractivity contribution in [3.63, 3.8) is 0 Å². The zero-order valence-electron chi connectivity index (χ0n) is 17.5. The molecule has 0 unspecified atom stereocenters. The van der Waals surface area contributed by atoms with Crippen LogP contribution in [0.15, 0.2) is 59.7 Å². The van der Waals surface area contributed by atoms with Gasteiger partial charge in [-0.2, -0.15) is 5.10 Å². The summed E-state index contributed by atoms with van der Waals surface area (Å²) in [6.07, 6.45) is 1.52. The molecule has 0 saturated carbocycles. The molecule has 166 valence electrons. The van der Waals surface area contributed by atoms with Crippen LogP contribution in [0.4, 0.5) is 0 Å². The minimum Gasteiger partial charge on any atom is -0.490 e. The lowest BCUT2D eigenvalue weighted by atomic mass is 10.1. The van der Waals surface area contributed by atoms with Gasteiger partial charge < -0.3 is 9.47 Å². The molecule has 5 nitrogen and oxygen atoms in total. The first-order chi connectivity index (χ1) is 15.4. The van der Waals surface area contributed by atoms with Crippen molar-refractivity contribution >= 4 is 46.9 Å². The van der Waals surface area contributed by atoms with Crippen LogP contribution in [-0.4, -0.2) is 18.7 Å². The third-order valence-corrected chi connectivity index (χ3v) is 5.45. The van der Waals surface area contributed by atoms with Gasteiger partial charge in [0.15, 0.2) is 11.5 Å². The van der Waals surface area contributed by atoms with E-state index < -0.39 is 5.91 Å². The van der Waals surface area contributed by atoms with Crippen molar-refractivity contribution in [1.82, 2.24) is 5.43 Å². The highest BCUT2D eigenvalue weighted by Crippen LogP contribution is 2.30. The van der Waals surface area contributed by atoms with Gasteiger partial charge in [-0.1, -0.05) is 46.9 Å². The molecule has 0 saturated heterocycles. The Hall–Kier alpha value is -2.73.